The molecule has 0 amide bonds. The lowest BCUT2D eigenvalue weighted by Crippen LogP contribution is -2.60. The van der Waals surface area contributed by atoms with Crippen LogP contribution in [0.25, 0.3) is 4.96 Å². The Morgan fingerprint density at radius 2 is 2.11 bits per heavy atom. The molecule has 1 saturated carbocycles. The number of hydrogen-bond donors (Lipinski definition) is 1. The minimum Gasteiger partial charge on any atom is -0.373 e. The minimum absolute atomic E-state index is 0.00695. The predicted octanol–water partition coefficient (Wildman–Crippen LogP) is 3.54. The zero-order valence-corrected chi connectivity index (χ0v) is 16.8. The number of rotatable bonds is 6. The Balaban J connectivity index is 1.35. The van der Waals surface area contributed by atoms with Crippen LogP contribution in [0.5, 0.6) is 0 Å². The van der Waals surface area contributed by atoms with Gasteiger partial charge in [0, 0.05) is 35.1 Å². The van der Waals surface area contributed by atoms with Gasteiger partial charge in [-0.3, -0.25) is 9.20 Å². The topological polar surface area (TPSA) is 55.6 Å². The van der Waals surface area contributed by atoms with Gasteiger partial charge in [-0.1, -0.05) is 44.2 Å². The van der Waals surface area contributed by atoms with E-state index in [1.54, 1.807) is 10.5 Å². The summed E-state index contributed by atoms with van der Waals surface area (Å²) >= 11 is 1.51. The van der Waals surface area contributed by atoms with Gasteiger partial charge in [-0.25, -0.2) is 4.98 Å². The molecule has 6 heteroatoms. The number of thiazole rings is 1. The molecule has 0 bridgehead atoms. The molecule has 0 aliphatic heterocycles. The highest BCUT2D eigenvalue weighted by Gasteiger charge is 2.48. The van der Waals surface area contributed by atoms with E-state index in [-0.39, 0.29) is 17.1 Å². The van der Waals surface area contributed by atoms with E-state index in [9.17, 15) is 4.79 Å². The first-order valence-electron chi connectivity index (χ1n) is 9.31. The molecule has 4 rings (SSSR count). The molecular weight excluding hydrogens is 358 g/mol. The fourth-order valence-corrected chi connectivity index (χ4v) is 4.60. The smallest absolute Gasteiger partial charge is 0.259 e. The number of aryl methyl sites for hydroxylation is 1. The van der Waals surface area contributed by atoms with Crippen molar-refractivity contribution in [1.29, 1.82) is 0 Å². The van der Waals surface area contributed by atoms with E-state index in [4.69, 9.17) is 4.74 Å². The Morgan fingerprint density at radius 3 is 2.85 bits per heavy atom. The molecule has 1 fully saturated rings. The van der Waals surface area contributed by atoms with E-state index in [0.29, 0.717) is 19.2 Å². The van der Waals surface area contributed by atoms with Crippen LogP contribution in [0.1, 0.15) is 37.2 Å². The zero-order chi connectivity index (χ0) is 19.0. The minimum atomic E-state index is -0.00695. The number of ether oxygens (including phenoxy) is 1. The molecule has 2 atom stereocenters. The fraction of sp³-hybridized carbons (Fsp3) is 0.429. The second-order valence-corrected chi connectivity index (χ2v) is 8.69. The monoisotopic (exact) mass is 383 g/mol. The fourth-order valence-electron chi connectivity index (χ4n) is 3.70. The van der Waals surface area contributed by atoms with Gasteiger partial charge in [0.15, 0.2) is 4.96 Å². The molecule has 1 N–H and O–H groups in total. The van der Waals surface area contributed by atoms with Gasteiger partial charge in [-0.15, -0.1) is 11.3 Å². The lowest BCUT2D eigenvalue weighted by atomic mass is 9.64. The summed E-state index contributed by atoms with van der Waals surface area (Å²) in [4.78, 5) is 17.7. The zero-order valence-electron chi connectivity index (χ0n) is 15.9. The number of nitrogens with zero attached hydrogens (tertiary/aromatic N) is 2. The average Bonchev–Trinajstić information content (AvgIpc) is 3.02. The van der Waals surface area contributed by atoms with E-state index >= 15 is 0 Å². The van der Waals surface area contributed by atoms with Gasteiger partial charge in [0.2, 0.25) is 0 Å². The third-order valence-electron chi connectivity index (χ3n) is 5.63. The van der Waals surface area contributed by atoms with Gasteiger partial charge in [0.1, 0.15) is 0 Å². The van der Waals surface area contributed by atoms with E-state index in [1.807, 2.05) is 30.5 Å². The van der Waals surface area contributed by atoms with Crippen LogP contribution in [0.2, 0.25) is 0 Å². The Hall–Kier alpha value is -2.02. The van der Waals surface area contributed by atoms with E-state index in [1.165, 1.54) is 16.9 Å². The maximum atomic E-state index is 12.3. The Labute approximate surface area is 163 Å². The maximum absolute atomic E-state index is 12.3. The number of benzene rings is 1. The van der Waals surface area contributed by atoms with Gasteiger partial charge >= 0.3 is 0 Å². The molecule has 142 valence electrons. The molecule has 0 radical (unpaired) electrons. The van der Waals surface area contributed by atoms with Crippen molar-refractivity contribution < 1.29 is 4.74 Å². The highest BCUT2D eigenvalue weighted by Crippen LogP contribution is 2.43. The van der Waals surface area contributed by atoms with Crippen LogP contribution in [0.4, 0.5) is 0 Å². The normalized spacial score (nSPS) is 21.3. The highest BCUT2D eigenvalue weighted by molar-refractivity contribution is 7.15. The average molecular weight is 384 g/mol. The van der Waals surface area contributed by atoms with Crippen molar-refractivity contribution in [2.45, 2.75) is 52.5 Å². The summed E-state index contributed by atoms with van der Waals surface area (Å²) in [5.74, 6) is 0. The highest BCUT2D eigenvalue weighted by atomic mass is 32.1. The van der Waals surface area contributed by atoms with Crippen molar-refractivity contribution >= 4 is 16.3 Å². The molecule has 1 aliphatic carbocycles. The maximum Gasteiger partial charge on any atom is 0.259 e. The lowest BCUT2D eigenvalue weighted by molar-refractivity contribution is -0.125. The third-order valence-corrected chi connectivity index (χ3v) is 6.57. The molecule has 2 aromatic heterocycles. The van der Waals surface area contributed by atoms with Crippen LogP contribution in [0.3, 0.4) is 0 Å². The van der Waals surface area contributed by atoms with Crippen molar-refractivity contribution in [2.24, 2.45) is 5.41 Å². The molecule has 0 spiro atoms. The SMILES string of the molecule is Cc1csc2nc(CNC3CC(OCc4ccccc4)C3(C)C)cc(=O)n12. The number of hydrogen-bond acceptors (Lipinski definition) is 5. The summed E-state index contributed by atoms with van der Waals surface area (Å²) in [6.45, 7) is 7.64. The largest absolute Gasteiger partial charge is 0.373 e. The summed E-state index contributed by atoms with van der Waals surface area (Å²) in [5.41, 5.74) is 2.98. The van der Waals surface area contributed by atoms with Gasteiger partial charge in [0.05, 0.1) is 18.4 Å². The van der Waals surface area contributed by atoms with Crippen LogP contribution >= 0.6 is 11.3 Å². The first-order valence-corrected chi connectivity index (χ1v) is 10.2. The van der Waals surface area contributed by atoms with Crippen molar-refractivity contribution in [1.82, 2.24) is 14.7 Å². The number of aromatic nitrogens is 2. The first kappa shape index (κ1) is 18.3. The predicted molar refractivity (Wildman–Crippen MR) is 108 cm³/mol. The molecule has 3 aromatic rings. The van der Waals surface area contributed by atoms with Crippen LogP contribution in [0, 0.1) is 12.3 Å². The summed E-state index contributed by atoms with van der Waals surface area (Å²) < 4.78 is 7.80. The first-order chi connectivity index (χ1) is 12.9. The van der Waals surface area contributed by atoms with Crippen molar-refractivity contribution in [3.05, 3.63) is 69.1 Å². The standard InChI is InChI=1S/C21H25N3O2S/c1-14-13-27-20-23-16(9-19(25)24(14)20)11-22-17-10-18(21(17,2)3)26-12-15-7-5-4-6-8-15/h4-9,13,17-18,22H,10-12H2,1-3H3. The van der Waals surface area contributed by atoms with Crippen LogP contribution < -0.4 is 10.9 Å². The molecular formula is C21H25N3O2S. The Kier molecular flexibility index (Phi) is 4.88. The molecule has 1 aliphatic rings. The van der Waals surface area contributed by atoms with Gasteiger partial charge < -0.3 is 10.1 Å². The lowest BCUT2D eigenvalue weighted by Gasteiger charge is -2.52. The molecule has 0 saturated heterocycles. The summed E-state index contributed by atoms with van der Waals surface area (Å²) in [5, 5.41) is 5.53. The van der Waals surface area contributed by atoms with Gasteiger partial charge in [0.25, 0.3) is 5.56 Å². The van der Waals surface area contributed by atoms with Crippen molar-refractivity contribution in [3.8, 4) is 0 Å². The second kappa shape index (κ2) is 7.19. The van der Waals surface area contributed by atoms with E-state index < -0.39 is 0 Å². The van der Waals surface area contributed by atoms with Crippen molar-refractivity contribution in [2.75, 3.05) is 0 Å². The second-order valence-electron chi connectivity index (χ2n) is 7.86. The molecule has 2 heterocycles. The van der Waals surface area contributed by atoms with Gasteiger partial charge in [-0.2, -0.15) is 0 Å². The third kappa shape index (κ3) is 3.57. The molecule has 5 nitrogen and oxygen atoms in total. The van der Waals surface area contributed by atoms with E-state index in [0.717, 1.165) is 22.8 Å². The summed E-state index contributed by atoms with van der Waals surface area (Å²) in [6, 6.07) is 12.3. The Morgan fingerprint density at radius 1 is 1.33 bits per heavy atom. The van der Waals surface area contributed by atoms with Crippen LogP contribution in [-0.4, -0.2) is 21.5 Å². The number of fused-ring (bicyclic) bond motifs is 1. The Bertz CT molecular complexity index is 994. The number of nitrogens with one attached hydrogen (secondary N) is 1. The summed E-state index contributed by atoms with van der Waals surface area (Å²) in [6.07, 6.45) is 1.20. The van der Waals surface area contributed by atoms with Crippen LogP contribution in [0.15, 0.2) is 46.6 Å². The molecule has 27 heavy (non-hydrogen) atoms. The van der Waals surface area contributed by atoms with E-state index in [2.05, 4.69) is 36.3 Å². The van der Waals surface area contributed by atoms with Crippen molar-refractivity contribution in [3.63, 3.8) is 0 Å². The molecule has 1 aromatic carbocycles. The molecule has 2 unspecified atom stereocenters. The quantitative estimate of drug-likeness (QED) is 0.707. The van der Waals surface area contributed by atoms with Gasteiger partial charge in [-0.05, 0) is 18.9 Å². The van der Waals surface area contributed by atoms with Crippen LogP contribution in [-0.2, 0) is 17.9 Å². The summed E-state index contributed by atoms with van der Waals surface area (Å²) in [7, 11) is 0.